The fourth-order valence-corrected chi connectivity index (χ4v) is 9.44. The van der Waals surface area contributed by atoms with Crippen molar-refractivity contribution in [1.82, 2.24) is 5.32 Å². The highest BCUT2D eigenvalue weighted by Crippen LogP contribution is 2.30. The number of amides is 1. The first kappa shape index (κ1) is 67.8. The maximum atomic E-state index is 13.2. The van der Waals surface area contributed by atoms with Gasteiger partial charge in [-0.25, -0.2) is 0 Å². The number of carbonyl (C=O) groups is 1. The zero-order chi connectivity index (χ0) is 53.9. The number of allylic oxidation sites excluding steroid dienone is 9. The molecule has 12 atom stereocenters. The first-order chi connectivity index (χ1) is 36.1. The lowest BCUT2D eigenvalue weighted by Gasteiger charge is -2.46. The molecule has 430 valence electrons. The quantitative estimate of drug-likeness (QED) is 0.0205. The molecule has 0 spiro atoms. The molecule has 0 aromatic carbocycles. The lowest BCUT2D eigenvalue weighted by Crippen LogP contribution is -2.65. The normalized spacial score (nSPS) is 25.6. The fourth-order valence-electron chi connectivity index (χ4n) is 9.44. The van der Waals surface area contributed by atoms with E-state index in [4.69, 9.17) is 18.9 Å². The highest BCUT2D eigenvalue weighted by atomic mass is 16.7. The number of ether oxygens (including phenoxy) is 4. The van der Waals surface area contributed by atoms with Crippen LogP contribution in [-0.2, 0) is 23.7 Å². The van der Waals surface area contributed by atoms with Gasteiger partial charge in [-0.1, -0.05) is 209 Å². The number of unbranched alkanes of at least 4 members (excludes halogenated alkanes) is 25. The van der Waals surface area contributed by atoms with Gasteiger partial charge in [-0.05, 0) is 64.2 Å². The van der Waals surface area contributed by atoms with Crippen molar-refractivity contribution >= 4 is 5.91 Å². The van der Waals surface area contributed by atoms with E-state index < -0.39 is 86.8 Å². The molecule has 0 aromatic rings. The van der Waals surface area contributed by atoms with Gasteiger partial charge in [0.25, 0.3) is 0 Å². The van der Waals surface area contributed by atoms with Gasteiger partial charge >= 0.3 is 0 Å². The van der Waals surface area contributed by atoms with Gasteiger partial charge in [-0.3, -0.25) is 4.79 Å². The number of nitrogens with one attached hydrogen (secondary N) is 1. The molecule has 14 heteroatoms. The molecule has 12 unspecified atom stereocenters. The molecule has 2 rings (SSSR count). The van der Waals surface area contributed by atoms with Crippen LogP contribution in [0.4, 0.5) is 0 Å². The Morgan fingerprint density at radius 2 is 0.946 bits per heavy atom. The van der Waals surface area contributed by atoms with Crippen LogP contribution in [0, 0.1) is 0 Å². The summed E-state index contributed by atoms with van der Waals surface area (Å²) in [7, 11) is 0. The standard InChI is InChI=1S/C60H107NO13/c1-3-5-7-9-11-13-15-17-18-19-20-21-22-23-24-25-26-27-28-29-30-32-33-35-37-39-41-43-49(64)48(61-52(65)44-42-40-38-36-34-31-16-14-12-10-8-6-4-2)47-71-59-57(70)55(68)58(51(46-63)73-59)74-60-56(69)54(67)53(66)50(45-62)72-60/h6,8,12,14,31,33-35,41,43,48-51,53-60,62-64,66-70H,3-5,7,9-11,13,15-30,32,36-40,42,44-47H2,1-2H3,(H,61,65)/b8-6-,14-12-,34-31-,35-33+,43-41+. The van der Waals surface area contributed by atoms with Crippen LogP contribution in [0.3, 0.4) is 0 Å². The Morgan fingerprint density at radius 1 is 0.500 bits per heavy atom. The molecule has 1 amide bonds. The molecule has 2 aliphatic rings. The SMILES string of the molecule is CC/C=C\C/C=C\C/C=C\CCCCCC(=O)NC(COC1OC(CO)C(OC2OC(CO)C(O)C(O)C2O)C(O)C1O)C(O)/C=C/CC/C=C/CCCCCCCCCCCCCCCCCCCCCCC. The van der Waals surface area contributed by atoms with Crippen molar-refractivity contribution in [1.29, 1.82) is 0 Å². The van der Waals surface area contributed by atoms with Crippen LogP contribution >= 0.6 is 0 Å². The maximum absolute atomic E-state index is 13.2. The van der Waals surface area contributed by atoms with E-state index in [-0.39, 0.29) is 18.9 Å². The minimum absolute atomic E-state index is 0.236. The summed E-state index contributed by atoms with van der Waals surface area (Å²) in [5.41, 5.74) is 0. The van der Waals surface area contributed by atoms with Crippen LogP contribution in [0.5, 0.6) is 0 Å². The monoisotopic (exact) mass is 1050 g/mol. The molecule has 0 bridgehead atoms. The molecular formula is C60H107NO13. The van der Waals surface area contributed by atoms with E-state index in [9.17, 15) is 45.6 Å². The van der Waals surface area contributed by atoms with Gasteiger partial charge in [0.15, 0.2) is 12.6 Å². The number of hydrogen-bond donors (Lipinski definition) is 9. The van der Waals surface area contributed by atoms with Gasteiger partial charge in [-0.15, -0.1) is 0 Å². The summed E-state index contributed by atoms with van der Waals surface area (Å²) in [5.74, 6) is -0.279. The van der Waals surface area contributed by atoms with E-state index in [0.717, 1.165) is 51.4 Å². The average molecular weight is 1050 g/mol. The third-order valence-corrected chi connectivity index (χ3v) is 14.2. The van der Waals surface area contributed by atoms with Crippen molar-refractivity contribution < 1.29 is 64.6 Å². The van der Waals surface area contributed by atoms with Crippen molar-refractivity contribution in [3.63, 3.8) is 0 Å². The number of hydrogen-bond acceptors (Lipinski definition) is 13. The van der Waals surface area contributed by atoms with Gasteiger partial charge in [0, 0.05) is 6.42 Å². The Bertz CT molecular complexity index is 1470. The molecule has 9 N–H and O–H groups in total. The van der Waals surface area contributed by atoms with Gasteiger partial charge < -0.3 is 65.1 Å². The highest BCUT2D eigenvalue weighted by molar-refractivity contribution is 5.76. The third-order valence-electron chi connectivity index (χ3n) is 14.2. The molecule has 2 fully saturated rings. The first-order valence-corrected chi connectivity index (χ1v) is 29.5. The van der Waals surface area contributed by atoms with Crippen molar-refractivity contribution in [3.8, 4) is 0 Å². The molecule has 74 heavy (non-hydrogen) atoms. The Hall–Kier alpha value is -2.31. The molecule has 14 nitrogen and oxygen atoms in total. The largest absolute Gasteiger partial charge is 0.394 e. The third kappa shape index (κ3) is 31.2. The first-order valence-electron chi connectivity index (χ1n) is 29.5. The Kier molecular flexibility index (Phi) is 41.9. The average Bonchev–Trinajstić information content (AvgIpc) is 3.40. The smallest absolute Gasteiger partial charge is 0.220 e. The van der Waals surface area contributed by atoms with Crippen LogP contribution in [0.1, 0.15) is 219 Å². The minimum Gasteiger partial charge on any atom is -0.394 e. The zero-order valence-electron chi connectivity index (χ0n) is 46.1. The molecule has 2 aliphatic heterocycles. The number of rotatable bonds is 46. The predicted octanol–water partition coefficient (Wildman–Crippen LogP) is 9.78. The van der Waals surface area contributed by atoms with Crippen LogP contribution < -0.4 is 5.32 Å². The second kappa shape index (κ2) is 45.7. The zero-order valence-corrected chi connectivity index (χ0v) is 46.1. The van der Waals surface area contributed by atoms with Crippen LogP contribution in [0.15, 0.2) is 60.8 Å². The molecule has 0 aliphatic carbocycles. The molecule has 0 saturated carbocycles. The second-order valence-corrected chi connectivity index (χ2v) is 20.7. The Morgan fingerprint density at radius 3 is 1.49 bits per heavy atom. The summed E-state index contributed by atoms with van der Waals surface area (Å²) in [6.45, 7) is 2.64. The van der Waals surface area contributed by atoms with Gasteiger partial charge in [0.2, 0.25) is 5.91 Å². The van der Waals surface area contributed by atoms with Crippen LogP contribution in [0.2, 0.25) is 0 Å². The van der Waals surface area contributed by atoms with Crippen LogP contribution in [0.25, 0.3) is 0 Å². The molecule has 2 saturated heterocycles. The maximum Gasteiger partial charge on any atom is 0.220 e. The summed E-state index contributed by atoms with van der Waals surface area (Å²) in [5, 5.41) is 86.9. The van der Waals surface area contributed by atoms with Gasteiger partial charge in [0.1, 0.15) is 48.8 Å². The van der Waals surface area contributed by atoms with Gasteiger partial charge in [0.05, 0.1) is 32.0 Å². The van der Waals surface area contributed by atoms with E-state index in [2.05, 4.69) is 67.8 Å². The molecule has 2 heterocycles. The summed E-state index contributed by atoms with van der Waals surface area (Å²) in [6, 6.07) is -0.949. The number of aliphatic hydroxyl groups is 8. The van der Waals surface area contributed by atoms with Crippen molar-refractivity contribution in [2.45, 2.75) is 293 Å². The predicted molar refractivity (Wildman–Crippen MR) is 295 cm³/mol. The van der Waals surface area contributed by atoms with Crippen molar-refractivity contribution in [2.75, 3.05) is 19.8 Å². The number of carbonyl (C=O) groups excluding carboxylic acids is 1. The lowest BCUT2D eigenvalue weighted by molar-refractivity contribution is -0.359. The summed E-state index contributed by atoms with van der Waals surface area (Å²) < 4.78 is 22.7. The highest BCUT2D eigenvalue weighted by Gasteiger charge is 2.51. The van der Waals surface area contributed by atoms with Crippen LogP contribution in [-0.4, -0.2) is 140 Å². The van der Waals surface area contributed by atoms with E-state index >= 15 is 0 Å². The number of aliphatic hydroxyl groups excluding tert-OH is 8. The summed E-state index contributed by atoms with van der Waals surface area (Å²) in [6.07, 6.45) is 41.5. The van der Waals surface area contributed by atoms with E-state index in [0.29, 0.717) is 12.8 Å². The molecule has 0 aromatic heterocycles. The summed E-state index contributed by atoms with van der Waals surface area (Å²) in [4.78, 5) is 13.2. The topological polar surface area (TPSA) is 228 Å². The fraction of sp³-hybridized carbons (Fsp3) is 0.817. The van der Waals surface area contributed by atoms with Gasteiger partial charge in [-0.2, -0.15) is 0 Å². The Labute approximate surface area is 447 Å². The minimum atomic E-state index is -1.80. The van der Waals surface area contributed by atoms with E-state index in [1.807, 2.05) is 6.08 Å². The second-order valence-electron chi connectivity index (χ2n) is 20.7. The van der Waals surface area contributed by atoms with E-state index in [1.165, 1.54) is 135 Å². The summed E-state index contributed by atoms with van der Waals surface area (Å²) >= 11 is 0. The molecule has 0 radical (unpaired) electrons. The lowest BCUT2D eigenvalue weighted by atomic mass is 9.97. The van der Waals surface area contributed by atoms with Crippen molar-refractivity contribution in [2.24, 2.45) is 0 Å². The van der Waals surface area contributed by atoms with E-state index in [1.54, 1.807) is 6.08 Å². The Balaban J connectivity index is 1.75. The van der Waals surface area contributed by atoms with Crippen molar-refractivity contribution in [3.05, 3.63) is 60.8 Å². The molecular weight excluding hydrogens is 943 g/mol.